The third-order valence-electron chi connectivity index (χ3n) is 11.0. The molecule has 0 unspecified atom stereocenters. The predicted octanol–water partition coefficient (Wildman–Crippen LogP) is 17.5. The second-order valence-electron chi connectivity index (χ2n) is 15.5. The SMILES string of the molecule is CC(C)c1cc2c(-c3cc4ccccc4c4ccccc34)cccc2[cH-]1.CC(C)c1cc2c(-c3cc4ccccc4c4ccccc34)cccc2[cH-]1.C[Si]C.[Cl][Zr+2][Cl]. The van der Waals surface area contributed by atoms with Crippen LogP contribution in [0.3, 0.4) is 0 Å². The van der Waals surface area contributed by atoms with Gasteiger partial charge in [-0.2, -0.15) is 12.1 Å². The summed E-state index contributed by atoms with van der Waals surface area (Å²) in [7, 11) is 11.0. The Morgan fingerprint density at radius 3 is 1.09 bits per heavy atom. The van der Waals surface area contributed by atoms with E-state index >= 15 is 0 Å². The normalized spacial score (nSPS) is 11.1. The van der Waals surface area contributed by atoms with Gasteiger partial charge in [0.05, 0.1) is 0 Å². The van der Waals surface area contributed by atoms with E-state index in [1.165, 1.54) is 98.0 Å². The number of benzene rings is 8. The maximum absolute atomic E-state index is 4.93. The molecule has 4 heteroatoms. The molecule has 0 aliphatic rings. The van der Waals surface area contributed by atoms with E-state index in [4.69, 9.17) is 17.0 Å². The third kappa shape index (κ3) is 8.68. The summed E-state index contributed by atoms with van der Waals surface area (Å²) in [5.41, 5.74) is 8.14. The van der Waals surface area contributed by atoms with Gasteiger partial charge in [-0.3, -0.25) is 0 Å². The van der Waals surface area contributed by atoms with Gasteiger partial charge in [-0.15, -0.1) is 69.1 Å². The molecular formula is C54H48Cl2SiZr. The van der Waals surface area contributed by atoms with Crippen LogP contribution in [-0.2, 0) is 20.8 Å². The van der Waals surface area contributed by atoms with E-state index in [2.05, 4.69) is 211 Å². The summed E-state index contributed by atoms with van der Waals surface area (Å²) in [6.45, 7) is 13.4. The van der Waals surface area contributed by atoms with E-state index in [-0.39, 0.29) is 0 Å². The fourth-order valence-electron chi connectivity index (χ4n) is 8.21. The standard InChI is InChI=1S/2C26H21.C2H6Si.2ClH.Zr/c2*1-17(2)20-14-18-9-7-13-24(25(18)16-20)26-15-19-8-3-4-10-21(19)22-11-5-6-12-23(22)26;1-3-2;;;/h2*3-17H,1-2H3;1-2H3;2*1H;/q2*-1;;;;+4/p-2. The zero-order chi connectivity index (χ0) is 40.8. The van der Waals surface area contributed by atoms with Crippen molar-refractivity contribution in [2.24, 2.45) is 0 Å². The van der Waals surface area contributed by atoms with Crippen LogP contribution in [0.1, 0.15) is 50.7 Å². The minimum atomic E-state index is -0.826. The summed E-state index contributed by atoms with van der Waals surface area (Å²) in [4.78, 5) is 0. The van der Waals surface area contributed by atoms with Crippen LogP contribution in [-0.4, -0.2) is 9.52 Å². The van der Waals surface area contributed by atoms with Crippen molar-refractivity contribution in [2.45, 2.75) is 52.6 Å². The molecular weight excluding hydrogens is 839 g/mol. The first-order chi connectivity index (χ1) is 28.3. The number of hydrogen-bond donors (Lipinski definition) is 0. The van der Waals surface area contributed by atoms with Crippen LogP contribution in [0.25, 0.3) is 86.9 Å². The fraction of sp³-hybridized carbons (Fsp3) is 0.148. The van der Waals surface area contributed by atoms with Crippen molar-refractivity contribution in [3.63, 3.8) is 0 Å². The Kier molecular flexibility index (Phi) is 13.8. The zero-order valence-electron chi connectivity index (χ0n) is 34.1. The molecule has 0 aliphatic heterocycles. The van der Waals surface area contributed by atoms with Crippen molar-refractivity contribution in [3.05, 3.63) is 181 Å². The zero-order valence-corrected chi connectivity index (χ0v) is 39.0. The van der Waals surface area contributed by atoms with Crippen molar-refractivity contribution >= 4 is 91.2 Å². The van der Waals surface area contributed by atoms with E-state index in [1.807, 2.05) is 0 Å². The fourth-order valence-corrected chi connectivity index (χ4v) is 8.21. The first-order valence-corrected chi connectivity index (χ1v) is 28.4. The summed E-state index contributed by atoms with van der Waals surface area (Å²) in [5, 5.41) is 15.9. The van der Waals surface area contributed by atoms with Crippen molar-refractivity contribution in [2.75, 3.05) is 0 Å². The first kappa shape index (κ1) is 41.8. The molecule has 286 valence electrons. The van der Waals surface area contributed by atoms with Crippen molar-refractivity contribution in [1.82, 2.24) is 0 Å². The molecule has 0 N–H and O–H groups in total. The van der Waals surface area contributed by atoms with E-state index in [1.54, 1.807) is 0 Å². The molecule has 0 heterocycles. The molecule has 0 saturated heterocycles. The molecule has 10 rings (SSSR count). The Morgan fingerprint density at radius 1 is 0.397 bits per heavy atom. The Labute approximate surface area is 365 Å². The second kappa shape index (κ2) is 19.2. The maximum atomic E-state index is 4.93. The number of hydrogen-bond acceptors (Lipinski definition) is 0. The van der Waals surface area contributed by atoms with E-state index in [9.17, 15) is 0 Å². The molecule has 10 aromatic carbocycles. The van der Waals surface area contributed by atoms with Gasteiger partial charge >= 0.3 is 37.9 Å². The molecule has 0 aliphatic carbocycles. The first-order valence-electron chi connectivity index (χ1n) is 20.0. The Balaban J connectivity index is 0.000000156. The molecule has 0 aromatic heterocycles. The van der Waals surface area contributed by atoms with Crippen LogP contribution in [0.5, 0.6) is 0 Å². The van der Waals surface area contributed by atoms with Gasteiger partial charge < -0.3 is 0 Å². The summed E-state index contributed by atoms with van der Waals surface area (Å²) in [5.74, 6) is 1.09. The quantitative estimate of drug-likeness (QED) is 0.0938. The van der Waals surface area contributed by atoms with Crippen molar-refractivity contribution in [1.29, 1.82) is 0 Å². The van der Waals surface area contributed by atoms with Crippen LogP contribution in [0.4, 0.5) is 0 Å². The van der Waals surface area contributed by atoms with Crippen LogP contribution in [0, 0.1) is 0 Å². The third-order valence-corrected chi connectivity index (χ3v) is 11.0. The van der Waals surface area contributed by atoms with E-state index < -0.39 is 20.8 Å². The van der Waals surface area contributed by atoms with Gasteiger partial charge in [-0.05, 0) is 78.2 Å². The molecule has 0 bridgehead atoms. The van der Waals surface area contributed by atoms with Crippen LogP contribution < -0.4 is 0 Å². The molecule has 2 radical (unpaired) electrons. The molecule has 10 aromatic rings. The molecule has 0 atom stereocenters. The number of rotatable bonds is 4. The average molecular weight is 887 g/mol. The van der Waals surface area contributed by atoms with E-state index in [0.29, 0.717) is 11.8 Å². The van der Waals surface area contributed by atoms with Crippen LogP contribution >= 0.6 is 17.0 Å². The van der Waals surface area contributed by atoms with Crippen LogP contribution in [0.15, 0.2) is 170 Å². The predicted molar refractivity (Wildman–Crippen MR) is 257 cm³/mol. The Bertz CT molecular complexity index is 2760. The number of fused-ring (bicyclic) bond motifs is 8. The molecule has 0 spiro atoms. The van der Waals surface area contributed by atoms with Gasteiger partial charge in [0.2, 0.25) is 0 Å². The monoisotopic (exact) mass is 884 g/mol. The summed E-state index contributed by atoms with van der Waals surface area (Å²) >= 11 is -0.826. The Morgan fingerprint density at radius 2 is 0.724 bits per heavy atom. The summed E-state index contributed by atoms with van der Waals surface area (Å²) in [6, 6.07) is 62.4. The van der Waals surface area contributed by atoms with Gasteiger partial charge in [0.1, 0.15) is 0 Å². The summed E-state index contributed by atoms with van der Waals surface area (Å²) < 4.78 is 0. The molecule has 0 fully saturated rings. The molecule has 58 heavy (non-hydrogen) atoms. The van der Waals surface area contributed by atoms with Crippen LogP contribution in [0.2, 0.25) is 13.1 Å². The minimum absolute atomic E-state index is 0.545. The second-order valence-corrected chi connectivity index (χ2v) is 20.2. The van der Waals surface area contributed by atoms with Gasteiger partial charge in [-0.1, -0.05) is 161 Å². The molecule has 0 nitrogen and oxygen atoms in total. The van der Waals surface area contributed by atoms with E-state index in [0.717, 1.165) is 9.52 Å². The molecule has 0 amide bonds. The number of halogens is 2. The Hall–Kier alpha value is -4.30. The topological polar surface area (TPSA) is 0 Å². The van der Waals surface area contributed by atoms with Crippen molar-refractivity contribution in [3.8, 4) is 22.3 Å². The van der Waals surface area contributed by atoms with Crippen molar-refractivity contribution < 1.29 is 20.8 Å². The van der Waals surface area contributed by atoms with Gasteiger partial charge in [-0.25, -0.2) is 0 Å². The average Bonchev–Trinajstić information content (AvgIpc) is 3.90. The van der Waals surface area contributed by atoms with Gasteiger partial charge in [0, 0.05) is 9.52 Å². The summed E-state index contributed by atoms with van der Waals surface area (Å²) in [6.07, 6.45) is 0. The van der Waals surface area contributed by atoms with Gasteiger partial charge in [0.25, 0.3) is 0 Å². The molecule has 0 saturated carbocycles. The van der Waals surface area contributed by atoms with Gasteiger partial charge in [0.15, 0.2) is 0 Å².